The summed E-state index contributed by atoms with van der Waals surface area (Å²) in [7, 11) is 1.82. The predicted octanol–water partition coefficient (Wildman–Crippen LogP) is 1.87. The minimum Gasteiger partial charge on any atom is -0.394 e. The summed E-state index contributed by atoms with van der Waals surface area (Å²) < 4.78 is 1.71. The lowest BCUT2D eigenvalue weighted by Crippen LogP contribution is -2.31. The number of hydrogen-bond acceptors (Lipinski definition) is 4. The number of amides is 1. The van der Waals surface area contributed by atoms with Gasteiger partial charge in [-0.1, -0.05) is 36.4 Å². The van der Waals surface area contributed by atoms with E-state index < -0.39 is 6.04 Å². The first-order valence-electron chi connectivity index (χ1n) is 8.05. The van der Waals surface area contributed by atoms with Gasteiger partial charge in [0.25, 0.3) is 5.91 Å². The molecule has 0 saturated heterocycles. The number of aliphatic hydroxyl groups excluding tert-OH is 1. The van der Waals surface area contributed by atoms with Crippen molar-refractivity contribution in [1.29, 1.82) is 0 Å². The Balaban J connectivity index is 1.81. The lowest BCUT2D eigenvalue weighted by molar-refractivity contribution is 0.0915. The Morgan fingerprint density at radius 2 is 2.00 bits per heavy atom. The summed E-state index contributed by atoms with van der Waals surface area (Å²) in [5.74, 6) is -0.262. The number of aromatic nitrogens is 3. The molecule has 128 valence electrons. The molecule has 0 radical (unpaired) electrons. The number of aliphatic hydroxyl groups is 1. The van der Waals surface area contributed by atoms with E-state index in [1.165, 1.54) is 0 Å². The largest absolute Gasteiger partial charge is 0.394 e. The van der Waals surface area contributed by atoms with Crippen LogP contribution in [-0.2, 0) is 13.5 Å². The molecule has 3 rings (SSSR count). The van der Waals surface area contributed by atoms with Gasteiger partial charge in [0.15, 0.2) is 0 Å². The van der Waals surface area contributed by atoms with Crippen LogP contribution in [0.3, 0.4) is 0 Å². The first kappa shape index (κ1) is 16.9. The Kier molecular flexibility index (Phi) is 5.20. The number of aryl methyl sites for hydroxylation is 1. The molecular weight excluding hydrogens is 316 g/mol. The van der Waals surface area contributed by atoms with E-state index in [9.17, 15) is 9.90 Å². The van der Waals surface area contributed by atoms with Gasteiger partial charge in [-0.15, -0.1) is 0 Å². The highest BCUT2D eigenvalue weighted by Gasteiger charge is 2.20. The fourth-order valence-corrected chi connectivity index (χ4v) is 2.70. The Morgan fingerprint density at radius 3 is 2.68 bits per heavy atom. The van der Waals surface area contributed by atoms with Crippen LogP contribution in [0.15, 0.2) is 61.1 Å². The molecule has 1 unspecified atom stereocenters. The molecule has 2 aromatic heterocycles. The van der Waals surface area contributed by atoms with Gasteiger partial charge in [-0.05, 0) is 17.2 Å². The van der Waals surface area contributed by atoms with Gasteiger partial charge in [-0.25, -0.2) is 0 Å². The third kappa shape index (κ3) is 3.92. The molecule has 0 spiro atoms. The van der Waals surface area contributed by atoms with Crippen molar-refractivity contribution in [2.75, 3.05) is 6.61 Å². The van der Waals surface area contributed by atoms with Crippen molar-refractivity contribution in [2.45, 2.75) is 12.5 Å². The molecule has 0 aliphatic rings. The number of nitrogens with zero attached hydrogens (tertiary/aromatic N) is 3. The molecule has 1 aromatic carbocycles. The Bertz CT molecular complexity index is 831. The van der Waals surface area contributed by atoms with E-state index in [1.54, 1.807) is 29.3 Å². The number of carbonyl (C=O) groups excluding carboxylic acids is 1. The molecule has 3 aromatic rings. The first-order valence-corrected chi connectivity index (χ1v) is 8.05. The average Bonchev–Trinajstić information content (AvgIpc) is 3.02. The van der Waals surface area contributed by atoms with Gasteiger partial charge in [0.05, 0.1) is 30.1 Å². The lowest BCUT2D eigenvalue weighted by atomic mass is 10.1. The van der Waals surface area contributed by atoms with Crippen molar-refractivity contribution < 1.29 is 9.90 Å². The zero-order chi connectivity index (χ0) is 17.6. The second-order valence-corrected chi connectivity index (χ2v) is 5.79. The van der Waals surface area contributed by atoms with Gasteiger partial charge in [0, 0.05) is 25.9 Å². The second-order valence-electron chi connectivity index (χ2n) is 5.79. The molecule has 1 amide bonds. The number of benzene rings is 1. The molecule has 1 atom stereocenters. The van der Waals surface area contributed by atoms with E-state index in [0.717, 1.165) is 16.8 Å². The van der Waals surface area contributed by atoms with E-state index in [-0.39, 0.29) is 12.5 Å². The summed E-state index contributed by atoms with van der Waals surface area (Å²) in [5.41, 5.74) is 3.19. The Labute approximate surface area is 146 Å². The monoisotopic (exact) mass is 336 g/mol. The number of rotatable bonds is 6. The normalized spacial score (nSPS) is 11.9. The van der Waals surface area contributed by atoms with Crippen LogP contribution in [0, 0.1) is 0 Å². The summed E-state index contributed by atoms with van der Waals surface area (Å²) in [4.78, 5) is 16.7. The van der Waals surface area contributed by atoms with E-state index in [0.29, 0.717) is 12.0 Å². The smallest absolute Gasteiger partial charge is 0.255 e. The third-order valence-corrected chi connectivity index (χ3v) is 4.10. The van der Waals surface area contributed by atoms with Crippen LogP contribution in [0.2, 0.25) is 0 Å². The minimum atomic E-state index is -0.508. The van der Waals surface area contributed by atoms with E-state index in [2.05, 4.69) is 15.4 Å². The van der Waals surface area contributed by atoms with Gasteiger partial charge < -0.3 is 10.4 Å². The molecule has 0 saturated carbocycles. The fourth-order valence-electron chi connectivity index (χ4n) is 2.70. The number of carbonyl (C=O) groups is 1. The molecule has 0 aliphatic carbocycles. The number of pyridine rings is 1. The van der Waals surface area contributed by atoms with Crippen LogP contribution in [0.5, 0.6) is 0 Å². The van der Waals surface area contributed by atoms with Crippen molar-refractivity contribution in [3.8, 4) is 0 Å². The maximum absolute atomic E-state index is 12.7. The van der Waals surface area contributed by atoms with Crippen LogP contribution < -0.4 is 5.32 Å². The van der Waals surface area contributed by atoms with Crippen LogP contribution in [-0.4, -0.2) is 32.4 Å². The Hall–Kier alpha value is -2.99. The van der Waals surface area contributed by atoms with Gasteiger partial charge in [0.2, 0.25) is 0 Å². The standard InChI is InChI=1S/C19H20N4O2/c1-23-18(10-14-6-3-2-4-7-14)16(12-21-23)19(25)22-17(13-24)15-8-5-9-20-11-15/h2-9,11-12,17,24H,10,13H2,1H3,(H,22,25). The molecule has 0 aliphatic heterocycles. The van der Waals surface area contributed by atoms with Crippen molar-refractivity contribution >= 4 is 5.91 Å². The first-order chi connectivity index (χ1) is 12.2. The average molecular weight is 336 g/mol. The number of nitrogens with one attached hydrogen (secondary N) is 1. The summed E-state index contributed by atoms with van der Waals surface area (Å²) in [6.45, 7) is -0.203. The lowest BCUT2D eigenvalue weighted by Gasteiger charge is -2.16. The maximum Gasteiger partial charge on any atom is 0.255 e. The summed E-state index contributed by atoms with van der Waals surface area (Å²) in [5, 5.41) is 16.7. The van der Waals surface area contributed by atoms with Crippen molar-refractivity contribution in [3.05, 3.63) is 83.4 Å². The van der Waals surface area contributed by atoms with Gasteiger partial charge >= 0.3 is 0 Å². The minimum absolute atomic E-state index is 0.203. The maximum atomic E-state index is 12.7. The summed E-state index contributed by atoms with van der Waals surface area (Å²) in [6, 6.07) is 13.0. The molecular formula is C19H20N4O2. The zero-order valence-corrected chi connectivity index (χ0v) is 14.0. The molecule has 2 heterocycles. The third-order valence-electron chi connectivity index (χ3n) is 4.10. The molecule has 0 fully saturated rings. The van der Waals surface area contributed by atoms with Crippen molar-refractivity contribution in [2.24, 2.45) is 7.05 Å². The topological polar surface area (TPSA) is 80.0 Å². The highest BCUT2D eigenvalue weighted by molar-refractivity contribution is 5.95. The van der Waals surface area contributed by atoms with Gasteiger partial charge in [0.1, 0.15) is 0 Å². The molecule has 2 N–H and O–H groups in total. The zero-order valence-electron chi connectivity index (χ0n) is 14.0. The van der Waals surface area contributed by atoms with Crippen molar-refractivity contribution in [3.63, 3.8) is 0 Å². The molecule has 6 heteroatoms. The van der Waals surface area contributed by atoms with Crippen LogP contribution >= 0.6 is 0 Å². The highest BCUT2D eigenvalue weighted by Crippen LogP contribution is 2.16. The summed E-state index contributed by atoms with van der Waals surface area (Å²) >= 11 is 0. The van der Waals surface area contributed by atoms with Crippen LogP contribution in [0.1, 0.15) is 33.2 Å². The SMILES string of the molecule is Cn1ncc(C(=O)NC(CO)c2cccnc2)c1Cc1ccccc1. The van der Waals surface area contributed by atoms with E-state index in [1.807, 2.05) is 43.4 Å². The van der Waals surface area contributed by atoms with Crippen LogP contribution in [0.4, 0.5) is 0 Å². The quantitative estimate of drug-likeness (QED) is 0.720. The molecule has 0 bridgehead atoms. The highest BCUT2D eigenvalue weighted by atomic mass is 16.3. The molecule has 25 heavy (non-hydrogen) atoms. The molecule has 6 nitrogen and oxygen atoms in total. The predicted molar refractivity (Wildman–Crippen MR) is 94.0 cm³/mol. The van der Waals surface area contributed by atoms with E-state index in [4.69, 9.17) is 0 Å². The van der Waals surface area contributed by atoms with Crippen LogP contribution in [0.25, 0.3) is 0 Å². The second kappa shape index (κ2) is 7.72. The fraction of sp³-hybridized carbons (Fsp3) is 0.211. The van der Waals surface area contributed by atoms with Gasteiger partial charge in [-0.2, -0.15) is 5.10 Å². The summed E-state index contributed by atoms with van der Waals surface area (Å²) in [6.07, 6.45) is 5.45. The Morgan fingerprint density at radius 1 is 1.20 bits per heavy atom. The van der Waals surface area contributed by atoms with Gasteiger partial charge in [-0.3, -0.25) is 14.5 Å². The number of hydrogen-bond donors (Lipinski definition) is 2. The van der Waals surface area contributed by atoms with E-state index >= 15 is 0 Å². The van der Waals surface area contributed by atoms with Crippen molar-refractivity contribution in [1.82, 2.24) is 20.1 Å².